The first-order valence-electron chi connectivity index (χ1n) is 11.1. The van der Waals surface area contributed by atoms with Crippen LogP contribution in [-0.4, -0.2) is 18.0 Å². The van der Waals surface area contributed by atoms with Crippen LogP contribution in [0.15, 0.2) is 48.5 Å². The Balaban J connectivity index is 1.70. The SMILES string of the molecule is CC(C)(C)c1ccc(CN(Cc2cccc(Cl)c2)CC2CCC(CN)CC2)cc1. The average molecular weight is 413 g/mol. The standard InChI is InChI=1S/C26H37ClN2/c1-26(2,3)24-13-11-22(12-14-24)18-29(19-23-5-4-6-25(27)15-23)17-21-9-7-20(16-28)8-10-21/h4-6,11-15,20-21H,7-10,16-19,28H2,1-3H3. The van der Waals surface area contributed by atoms with Crippen LogP contribution in [0.1, 0.15) is 63.1 Å². The van der Waals surface area contributed by atoms with Gasteiger partial charge in [0.2, 0.25) is 0 Å². The maximum Gasteiger partial charge on any atom is 0.0409 e. The predicted octanol–water partition coefficient (Wildman–Crippen LogP) is 6.40. The van der Waals surface area contributed by atoms with Crippen molar-refractivity contribution >= 4 is 11.6 Å². The zero-order chi connectivity index (χ0) is 20.9. The third-order valence-electron chi connectivity index (χ3n) is 6.34. The van der Waals surface area contributed by atoms with Gasteiger partial charge in [-0.05, 0) is 78.3 Å². The highest BCUT2D eigenvalue weighted by Crippen LogP contribution is 2.30. The lowest BCUT2D eigenvalue weighted by Crippen LogP contribution is -2.32. The van der Waals surface area contributed by atoms with E-state index in [2.05, 4.69) is 68.1 Å². The van der Waals surface area contributed by atoms with Gasteiger partial charge in [-0.2, -0.15) is 0 Å². The van der Waals surface area contributed by atoms with Crippen molar-refractivity contribution in [3.63, 3.8) is 0 Å². The van der Waals surface area contributed by atoms with Gasteiger partial charge in [-0.15, -0.1) is 0 Å². The molecule has 158 valence electrons. The Morgan fingerprint density at radius 1 is 0.897 bits per heavy atom. The summed E-state index contributed by atoms with van der Waals surface area (Å²) in [6, 6.07) is 17.5. The van der Waals surface area contributed by atoms with Gasteiger partial charge in [-0.25, -0.2) is 0 Å². The molecule has 1 aliphatic rings. The molecule has 3 heteroatoms. The summed E-state index contributed by atoms with van der Waals surface area (Å²) in [4.78, 5) is 2.60. The predicted molar refractivity (Wildman–Crippen MR) is 125 cm³/mol. The molecule has 0 bridgehead atoms. The number of hydrogen-bond donors (Lipinski definition) is 1. The van der Waals surface area contributed by atoms with E-state index in [0.717, 1.165) is 43.0 Å². The van der Waals surface area contributed by atoms with Gasteiger partial charge >= 0.3 is 0 Å². The molecule has 0 unspecified atom stereocenters. The average Bonchev–Trinajstić information content (AvgIpc) is 2.68. The van der Waals surface area contributed by atoms with Gasteiger partial charge in [0.1, 0.15) is 0 Å². The van der Waals surface area contributed by atoms with Gasteiger partial charge in [0.05, 0.1) is 0 Å². The van der Waals surface area contributed by atoms with Crippen LogP contribution >= 0.6 is 11.6 Å². The Labute approximate surface area is 182 Å². The largest absolute Gasteiger partial charge is 0.330 e. The first-order chi connectivity index (χ1) is 13.8. The van der Waals surface area contributed by atoms with E-state index >= 15 is 0 Å². The van der Waals surface area contributed by atoms with Crippen LogP contribution in [0.2, 0.25) is 5.02 Å². The Morgan fingerprint density at radius 2 is 1.52 bits per heavy atom. The number of nitrogens with two attached hydrogens (primary N) is 1. The van der Waals surface area contributed by atoms with Crippen LogP contribution in [0.5, 0.6) is 0 Å². The first-order valence-corrected chi connectivity index (χ1v) is 11.5. The van der Waals surface area contributed by atoms with E-state index < -0.39 is 0 Å². The highest BCUT2D eigenvalue weighted by Gasteiger charge is 2.22. The lowest BCUT2D eigenvalue weighted by atomic mass is 9.81. The van der Waals surface area contributed by atoms with Crippen molar-refractivity contribution in [2.45, 2.75) is 65.0 Å². The molecule has 2 N–H and O–H groups in total. The van der Waals surface area contributed by atoms with Gasteiger partial charge in [0.15, 0.2) is 0 Å². The summed E-state index contributed by atoms with van der Waals surface area (Å²) in [6.07, 6.45) is 5.17. The second-order valence-corrected chi connectivity index (χ2v) is 10.3. The minimum absolute atomic E-state index is 0.195. The van der Waals surface area contributed by atoms with Crippen LogP contribution in [-0.2, 0) is 18.5 Å². The molecule has 2 aromatic rings. The Hall–Kier alpha value is -1.35. The van der Waals surface area contributed by atoms with Crippen molar-refractivity contribution in [3.05, 3.63) is 70.2 Å². The molecule has 1 saturated carbocycles. The third kappa shape index (κ3) is 6.84. The minimum Gasteiger partial charge on any atom is -0.330 e. The molecular weight excluding hydrogens is 376 g/mol. The molecule has 29 heavy (non-hydrogen) atoms. The van der Waals surface area contributed by atoms with E-state index in [9.17, 15) is 0 Å². The summed E-state index contributed by atoms with van der Waals surface area (Å²) in [5, 5.41) is 0.820. The molecule has 0 aliphatic heterocycles. The van der Waals surface area contributed by atoms with E-state index in [1.807, 2.05) is 6.07 Å². The molecule has 0 spiro atoms. The van der Waals surface area contributed by atoms with Crippen LogP contribution < -0.4 is 5.73 Å². The van der Waals surface area contributed by atoms with E-state index in [1.165, 1.54) is 42.4 Å². The fourth-order valence-corrected chi connectivity index (χ4v) is 4.67. The maximum atomic E-state index is 6.24. The van der Waals surface area contributed by atoms with E-state index in [1.54, 1.807) is 0 Å². The summed E-state index contributed by atoms with van der Waals surface area (Å²) in [6.45, 7) is 10.7. The number of rotatable bonds is 7. The summed E-state index contributed by atoms with van der Waals surface area (Å²) in [5.41, 5.74) is 10.2. The monoisotopic (exact) mass is 412 g/mol. The topological polar surface area (TPSA) is 29.3 Å². The molecule has 0 amide bonds. The van der Waals surface area contributed by atoms with Gasteiger partial charge in [-0.3, -0.25) is 4.90 Å². The molecule has 2 aromatic carbocycles. The lowest BCUT2D eigenvalue weighted by molar-refractivity contribution is 0.170. The Kier molecular flexibility index (Phi) is 7.79. The summed E-state index contributed by atoms with van der Waals surface area (Å²) in [7, 11) is 0. The lowest BCUT2D eigenvalue weighted by Gasteiger charge is -2.32. The van der Waals surface area contributed by atoms with Gasteiger partial charge in [0, 0.05) is 24.7 Å². The molecule has 0 atom stereocenters. The number of halogens is 1. The summed E-state index contributed by atoms with van der Waals surface area (Å²) < 4.78 is 0. The van der Waals surface area contributed by atoms with Crippen molar-refractivity contribution in [2.24, 2.45) is 17.6 Å². The van der Waals surface area contributed by atoms with Crippen LogP contribution in [0.4, 0.5) is 0 Å². The summed E-state index contributed by atoms with van der Waals surface area (Å²) >= 11 is 6.24. The van der Waals surface area contributed by atoms with Crippen molar-refractivity contribution in [1.82, 2.24) is 4.90 Å². The third-order valence-corrected chi connectivity index (χ3v) is 6.57. The maximum absolute atomic E-state index is 6.24. The minimum atomic E-state index is 0.195. The Bertz CT molecular complexity index is 755. The van der Waals surface area contributed by atoms with Gasteiger partial charge in [0.25, 0.3) is 0 Å². The van der Waals surface area contributed by atoms with Crippen molar-refractivity contribution in [1.29, 1.82) is 0 Å². The van der Waals surface area contributed by atoms with E-state index in [0.29, 0.717) is 0 Å². The fraction of sp³-hybridized carbons (Fsp3) is 0.538. The van der Waals surface area contributed by atoms with Crippen LogP contribution in [0.3, 0.4) is 0 Å². The molecule has 3 rings (SSSR count). The van der Waals surface area contributed by atoms with Crippen LogP contribution in [0.25, 0.3) is 0 Å². The highest BCUT2D eigenvalue weighted by molar-refractivity contribution is 6.30. The highest BCUT2D eigenvalue weighted by atomic mass is 35.5. The molecule has 0 saturated heterocycles. The molecule has 2 nitrogen and oxygen atoms in total. The van der Waals surface area contributed by atoms with Crippen molar-refractivity contribution in [3.8, 4) is 0 Å². The van der Waals surface area contributed by atoms with Gasteiger partial charge in [-0.1, -0.05) is 68.8 Å². The molecule has 0 radical (unpaired) electrons. The van der Waals surface area contributed by atoms with Gasteiger partial charge < -0.3 is 5.73 Å². The quantitative estimate of drug-likeness (QED) is 0.569. The fourth-order valence-electron chi connectivity index (χ4n) is 4.46. The van der Waals surface area contributed by atoms with Crippen molar-refractivity contribution in [2.75, 3.05) is 13.1 Å². The second-order valence-electron chi connectivity index (χ2n) is 9.87. The van der Waals surface area contributed by atoms with Crippen molar-refractivity contribution < 1.29 is 0 Å². The number of benzene rings is 2. The molecule has 0 aromatic heterocycles. The zero-order valence-electron chi connectivity index (χ0n) is 18.3. The molecular formula is C26H37ClN2. The Morgan fingerprint density at radius 3 is 2.10 bits per heavy atom. The molecule has 1 fully saturated rings. The van der Waals surface area contributed by atoms with E-state index in [4.69, 9.17) is 17.3 Å². The molecule has 0 heterocycles. The normalized spacial score (nSPS) is 20.2. The zero-order valence-corrected chi connectivity index (χ0v) is 19.1. The molecule has 1 aliphatic carbocycles. The van der Waals surface area contributed by atoms with E-state index in [-0.39, 0.29) is 5.41 Å². The van der Waals surface area contributed by atoms with Crippen LogP contribution in [0, 0.1) is 11.8 Å². The second kappa shape index (κ2) is 10.1. The smallest absolute Gasteiger partial charge is 0.0409 e. The summed E-state index contributed by atoms with van der Waals surface area (Å²) in [5.74, 6) is 1.50. The number of hydrogen-bond acceptors (Lipinski definition) is 2. The first kappa shape index (κ1) is 22.3. The number of nitrogens with zero attached hydrogens (tertiary/aromatic N) is 1.